The van der Waals surface area contributed by atoms with Gasteiger partial charge in [-0.3, -0.25) is 9.20 Å². The van der Waals surface area contributed by atoms with Crippen molar-refractivity contribution in [3.8, 4) is 0 Å². The molecule has 1 fully saturated rings. The van der Waals surface area contributed by atoms with Crippen molar-refractivity contribution < 1.29 is 9.90 Å². The number of hydrogen-bond acceptors (Lipinski definition) is 3. The maximum atomic E-state index is 12.3. The number of carbonyl (C=O) groups excluding carboxylic acids is 1. The van der Waals surface area contributed by atoms with Gasteiger partial charge in [0.15, 0.2) is 0 Å². The van der Waals surface area contributed by atoms with Crippen LogP contribution < -0.4 is 5.32 Å². The van der Waals surface area contributed by atoms with Gasteiger partial charge >= 0.3 is 0 Å². The third-order valence-electron chi connectivity index (χ3n) is 3.92. The number of carbonyl (C=O) groups is 1. The highest BCUT2D eigenvalue weighted by atomic mass is 16.3. The number of aliphatic hydroxyl groups excluding tert-OH is 1. The Morgan fingerprint density at radius 2 is 2.10 bits per heavy atom. The lowest BCUT2D eigenvalue weighted by Gasteiger charge is -2.26. The molecule has 1 aliphatic carbocycles. The Labute approximate surface area is 117 Å². The number of aliphatic hydroxyl groups is 1. The number of nitrogens with zero attached hydrogens (tertiary/aromatic N) is 2. The van der Waals surface area contributed by atoms with Crippen LogP contribution in [-0.4, -0.2) is 32.5 Å². The molecule has 2 N–H and O–H groups in total. The second-order valence-electron chi connectivity index (χ2n) is 5.56. The van der Waals surface area contributed by atoms with Crippen molar-refractivity contribution in [1.29, 1.82) is 0 Å². The number of nitrogens with one attached hydrogen (secondary N) is 1. The number of pyridine rings is 1. The highest BCUT2D eigenvalue weighted by molar-refractivity contribution is 5.93. The van der Waals surface area contributed by atoms with E-state index in [-0.39, 0.29) is 18.1 Å². The first kappa shape index (κ1) is 13.1. The summed E-state index contributed by atoms with van der Waals surface area (Å²) in [5.41, 5.74) is 2.43. The molecule has 2 heterocycles. The second kappa shape index (κ2) is 5.25. The van der Waals surface area contributed by atoms with Crippen LogP contribution in [0.3, 0.4) is 0 Å². The first-order valence-corrected chi connectivity index (χ1v) is 7.06. The number of aromatic nitrogens is 2. The lowest BCUT2D eigenvalue weighted by molar-refractivity contribution is 0.0862. The largest absolute Gasteiger partial charge is 0.393 e. The fraction of sp³-hybridized carbons (Fsp3) is 0.467. The molecule has 2 aromatic rings. The summed E-state index contributed by atoms with van der Waals surface area (Å²) >= 11 is 0. The van der Waals surface area contributed by atoms with Gasteiger partial charge in [0.25, 0.3) is 5.91 Å². The molecule has 1 amide bonds. The quantitative estimate of drug-likeness (QED) is 0.874. The van der Waals surface area contributed by atoms with Crippen molar-refractivity contribution in [2.75, 3.05) is 0 Å². The van der Waals surface area contributed by atoms with Gasteiger partial charge in [-0.15, -0.1) is 0 Å². The van der Waals surface area contributed by atoms with E-state index >= 15 is 0 Å². The zero-order chi connectivity index (χ0) is 14.1. The number of amides is 1. The van der Waals surface area contributed by atoms with Gasteiger partial charge in [-0.25, -0.2) is 4.98 Å². The Hall–Kier alpha value is -1.88. The average Bonchev–Trinajstić information content (AvgIpc) is 2.84. The SMILES string of the molecule is Cc1ccc2ncc(C(=O)NC3CCC(O)CC3)n2c1. The Morgan fingerprint density at radius 3 is 2.85 bits per heavy atom. The summed E-state index contributed by atoms with van der Waals surface area (Å²) in [6.07, 6.45) is 6.52. The van der Waals surface area contributed by atoms with E-state index in [0.717, 1.165) is 36.9 Å². The van der Waals surface area contributed by atoms with Gasteiger partial charge in [-0.05, 0) is 44.2 Å². The summed E-state index contributed by atoms with van der Waals surface area (Å²) in [5, 5.41) is 12.5. The van der Waals surface area contributed by atoms with E-state index in [1.165, 1.54) is 0 Å². The van der Waals surface area contributed by atoms with Gasteiger partial charge in [-0.2, -0.15) is 0 Å². The minimum Gasteiger partial charge on any atom is -0.393 e. The average molecular weight is 273 g/mol. The first-order valence-electron chi connectivity index (χ1n) is 7.06. The highest BCUT2D eigenvalue weighted by Gasteiger charge is 2.22. The smallest absolute Gasteiger partial charge is 0.270 e. The summed E-state index contributed by atoms with van der Waals surface area (Å²) in [5.74, 6) is -0.0931. The molecular weight excluding hydrogens is 254 g/mol. The van der Waals surface area contributed by atoms with Crippen LogP contribution in [0.25, 0.3) is 5.65 Å². The fourth-order valence-corrected chi connectivity index (χ4v) is 2.73. The summed E-state index contributed by atoms with van der Waals surface area (Å²) in [6.45, 7) is 1.99. The molecule has 20 heavy (non-hydrogen) atoms. The topological polar surface area (TPSA) is 66.6 Å². The minimum atomic E-state index is -0.207. The summed E-state index contributed by atoms with van der Waals surface area (Å²) in [4.78, 5) is 16.6. The molecule has 0 bridgehead atoms. The fourth-order valence-electron chi connectivity index (χ4n) is 2.73. The van der Waals surface area contributed by atoms with Crippen molar-refractivity contribution in [3.05, 3.63) is 35.8 Å². The van der Waals surface area contributed by atoms with Gasteiger partial charge < -0.3 is 10.4 Å². The monoisotopic (exact) mass is 273 g/mol. The van der Waals surface area contributed by atoms with Crippen LogP contribution in [0.4, 0.5) is 0 Å². The highest BCUT2D eigenvalue weighted by Crippen LogP contribution is 2.19. The molecular formula is C15H19N3O2. The zero-order valence-corrected chi connectivity index (χ0v) is 11.5. The predicted octanol–water partition coefficient (Wildman–Crippen LogP) is 1.68. The van der Waals surface area contributed by atoms with Crippen molar-refractivity contribution in [2.24, 2.45) is 0 Å². The molecule has 3 rings (SSSR count). The van der Waals surface area contributed by atoms with Crippen LogP contribution >= 0.6 is 0 Å². The van der Waals surface area contributed by atoms with Crippen LogP contribution in [0, 0.1) is 6.92 Å². The second-order valence-corrected chi connectivity index (χ2v) is 5.56. The molecule has 0 atom stereocenters. The molecule has 0 aromatic carbocycles. The van der Waals surface area contributed by atoms with Crippen LogP contribution in [-0.2, 0) is 0 Å². The van der Waals surface area contributed by atoms with Gasteiger partial charge in [-0.1, -0.05) is 6.07 Å². The van der Waals surface area contributed by atoms with Crippen LogP contribution in [0.15, 0.2) is 24.5 Å². The standard InChI is InChI=1S/C15H19N3O2/c1-10-2-7-14-16-8-13(18(14)9-10)15(20)17-11-3-5-12(19)6-4-11/h2,7-9,11-12,19H,3-6H2,1H3,(H,17,20). The van der Waals surface area contributed by atoms with Crippen LogP contribution in [0.2, 0.25) is 0 Å². The van der Waals surface area contributed by atoms with Crippen molar-refractivity contribution in [1.82, 2.24) is 14.7 Å². The van der Waals surface area contributed by atoms with Crippen LogP contribution in [0.5, 0.6) is 0 Å². The molecule has 0 aliphatic heterocycles. The Kier molecular flexibility index (Phi) is 3.44. The van der Waals surface area contributed by atoms with E-state index in [1.54, 1.807) is 6.20 Å². The predicted molar refractivity (Wildman–Crippen MR) is 75.7 cm³/mol. The lowest BCUT2D eigenvalue weighted by atomic mass is 9.93. The van der Waals surface area contributed by atoms with E-state index < -0.39 is 0 Å². The van der Waals surface area contributed by atoms with Gasteiger partial charge in [0.1, 0.15) is 11.3 Å². The van der Waals surface area contributed by atoms with Gasteiger partial charge in [0.2, 0.25) is 0 Å². The maximum absolute atomic E-state index is 12.3. The molecule has 0 unspecified atom stereocenters. The number of aryl methyl sites for hydroxylation is 1. The third kappa shape index (κ3) is 2.54. The number of rotatable bonds is 2. The molecule has 5 nitrogen and oxygen atoms in total. The van der Waals surface area contributed by atoms with E-state index in [0.29, 0.717) is 5.69 Å². The summed E-state index contributed by atoms with van der Waals surface area (Å²) in [7, 11) is 0. The molecule has 0 saturated heterocycles. The third-order valence-corrected chi connectivity index (χ3v) is 3.92. The number of fused-ring (bicyclic) bond motifs is 1. The van der Waals surface area contributed by atoms with Crippen molar-refractivity contribution in [2.45, 2.75) is 44.8 Å². The molecule has 2 aromatic heterocycles. The number of hydrogen-bond donors (Lipinski definition) is 2. The molecule has 1 saturated carbocycles. The normalized spacial score (nSPS) is 22.9. The lowest BCUT2D eigenvalue weighted by Crippen LogP contribution is -2.39. The van der Waals surface area contributed by atoms with E-state index in [2.05, 4.69) is 10.3 Å². The van der Waals surface area contributed by atoms with Gasteiger partial charge in [0, 0.05) is 12.2 Å². The minimum absolute atomic E-state index is 0.0931. The molecule has 5 heteroatoms. The Morgan fingerprint density at radius 1 is 1.35 bits per heavy atom. The molecule has 0 spiro atoms. The maximum Gasteiger partial charge on any atom is 0.270 e. The van der Waals surface area contributed by atoms with E-state index in [1.807, 2.05) is 29.7 Å². The van der Waals surface area contributed by atoms with E-state index in [4.69, 9.17) is 0 Å². The molecule has 106 valence electrons. The Balaban J connectivity index is 1.77. The van der Waals surface area contributed by atoms with Crippen molar-refractivity contribution >= 4 is 11.6 Å². The number of imidazole rings is 1. The Bertz CT molecular complexity index is 627. The zero-order valence-electron chi connectivity index (χ0n) is 11.5. The summed E-state index contributed by atoms with van der Waals surface area (Å²) < 4.78 is 1.82. The van der Waals surface area contributed by atoms with Crippen LogP contribution in [0.1, 0.15) is 41.7 Å². The molecule has 0 radical (unpaired) electrons. The molecule has 1 aliphatic rings. The summed E-state index contributed by atoms with van der Waals surface area (Å²) in [6, 6.07) is 4.04. The first-order chi connectivity index (χ1) is 9.63. The van der Waals surface area contributed by atoms with Gasteiger partial charge in [0.05, 0.1) is 12.3 Å². The van der Waals surface area contributed by atoms with Crippen molar-refractivity contribution in [3.63, 3.8) is 0 Å². The van der Waals surface area contributed by atoms with E-state index in [9.17, 15) is 9.90 Å².